The number of benzene rings is 2. The van der Waals surface area contributed by atoms with Gasteiger partial charge < -0.3 is 0 Å². The fraction of sp³-hybridized carbons (Fsp3) is 0.125. The van der Waals surface area contributed by atoms with Crippen molar-refractivity contribution < 1.29 is 9.59 Å². The largest absolute Gasteiger partial charge is 0.273 e. The van der Waals surface area contributed by atoms with Crippen LogP contribution >= 0.6 is 34.8 Å². The monoisotopic (exact) mass is 370 g/mol. The van der Waals surface area contributed by atoms with Gasteiger partial charge in [0.1, 0.15) is 0 Å². The van der Waals surface area contributed by atoms with Gasteiger partial charge in [-0.1, -0.05) is 34.8 Å². The van der Waals surface area contributed by atoms with Gasteiger partial charge in [0.15, 0.2) is 0 Å². The average molecular weight is 372 g/mol. The summed E-state index contributed by atoms with van der Waals surface area (Å²) in [6, 6.07) is 11.2. The van der Waals surface area contributed by atoms with E-state index in [4.69, 9.17) is 34.8 Å². The molecule has 0 radical (unpaired) electrons. The third-order valence-corrected chi connectivity index (χ3v) is 3.80. The van der Waals surface area contributed by atoms with Crippen molar-refractivity contribution in [3.05, 3.63) is 57.5 Å². The van der Waals surface area contributed by atoms with Crippen molar-refractivity contribution in [2.24, 2.45) is 0 Å². The molecular formula is C16H13Cl3N2O2. The number of hydrogen-bond acceptors (Lipinski definition) is 2. The number of carbonyl (C=O) groups is 2. The Labute approximate surface area is 149 Å². The SMILES string of the molecule is CC(=O)N(c1ccc(Cl)cc1)N(C(C)=O)c1ccc(Cl)cc1Cl. The van der Waals surface area contributed by atoms with Gasteiger partial charge in [-0.25, -0.2) is 10.0 Å². The van der Waals surface area contributed by atoms with Gasteiger partial charge in [0, 0.05) is 23.9 Å². The summed E-state index contributed by atoms with van der Waals surface area (Å²) in [6.07, 6.45) is 0. The second kappa shape index (κ2) is 7.21. The van der Waals surface area contributed by atoms with Crippen LogP contribution in [0.15, 0.2) is 42.5 Å². The van der Waals surface area contributed by atoms with E-state index in [0.717, 1.165) is 0 Å². The molecule has 2 rings (SSSR count). The maximum Gasteiger partial charge on any atom is 0.243 e. The van der Waals surface area contributed by atoms with Gasteiger partial charge in [-0.2, -0.15) is 0 Å². The molecule has 0 bridgehead atoms. The summed E-state index contributed by atoms with van der Waals surface area (Å²) < 4.78 is 0. The first-order valence-corrected chi connectivity index (χ1v) is 7.76. The van der Waals surface area contributed by atoms with Crippen molar-refractivity contribution in [1.29, 1.82) is 0 Å². The van der Waals surface area contributed by atoms with E-state index >= 15 is 0 Å². The molecule has 0 aliphatic heterocycles. The van der Waals surface area contributed by atoms with E-state index in [1.165, 1.54) is 29.9 Å². The zero-order chi connectivity index (χ0) is 17.1. The number of amides is 2. The van der Waals surface area contributed by atoms with Crippen molar-refractivity contribution in [2.45, 2.75) is 13.8 Å². The van der Waals surface area contributed by atoms with Crippen LogP contribution in [-0.4, -0.2) is 11.8 Å². The third kappa shape index (κ3) is 3.96. The molecule has 0 saturated carbocycles. The minimum Gasteiger partial charge on any atom is -0.273 e. The average Bonchev–Trinajstić information content (AvgIpc) is 2.46. The van der Waals surface area contributed by atoms with Crippen LogP contribution in [0.5, 0.6) is 0 Å². The molecule has 4 nitrogen and oxygen atoms in total. The molecule has 0 aromatic heterocycles. The normalized spacial score (nSPS) is 10.3. The minimum atomic E-state index is -0.376. The molecule has 7 heteroatoms. The van der Waals surface area contributed by atoms with Crippen LogP contribution in [0.2, 0.25) is 15.1 Å². The number of rotatable bonds is 2. The van der Waals surface area contributed by atoms with Crippen LogP contribution in [-0.2, 0) is 9.59 Å². The molecule has 0 aliphatic carbocycles. The fourth-order valence-corrected chi connectivity index (χ4v) is 2.71. The lowest BCUT2D eigenvalue weighted by Gasteiger charge is -2.33. The van der Waals surface area contributed by atoms with Crippen LogP contribution in [0.1, 0.15) is 13.8 Å². The van der Waals surface area contributed by atoms with Gasteiger partial charge in [0.2, 0.25) is 11.8 Å². The summed E-state index contributed by atoms with van der Waals surface area (Å²) in [6.45, 7) is 2.70. The van der Waals surface area contributed by atoms with Crippen LogP contribution in [0.3, 0.4) is 0 Å². The lowest BCUT2D eigenvalue weighted by molar-refractivity contribution is -0.121. The third-order valence-electron chi connectivity index (χ3n) is 3.01. The lowest BCUT2D eigenvalue weighted by atomic mass is 10.2. The van der Waals surface area contributed by atoms with E-state index in [9.17, 15) is 9.59 Å². The zero-order valence-corrected chi connectivity index (χ0v) is 14.7. The maximum absolute atomic E-state index is 12.2. The Morgan fingerprint density at radius 3 is 1.78 bits per heavy atom. The van der Waals surface area contributed by atoms with Gasteiger partial charge in [0.05, 0.1) is 16.4 Å². The molecule has 0 unspecified atom stereocenters. The molecule has 0 atom stereocenters. The maximum atomic E-state index is 12.2. The van der Waals surface area contributed by atoms with E-state index in [1.54, 1.807) is 36.4 Å². The highest BCUT2D eigenvalue weighted by Gasteiger charge is 2.26. The number of hydrogen-bond donors (Lipinski definition) is 0. The van der Waals surface area contributed by atoms with Crippen molar-refractivity contribution in [1.82, 2.24) is 0 Å². The molecule has 2 aromatic carbocycles. The summed E-state index contributed by atoms with van der Waals surface area (Å²) in [5.74, 6) is -0.729. The molecule has 0 spiro atoms. The molecule has 23 heavy (non-hydrogen) atoms. The molecule has 2 amide bonds. The Hall–Kier alpha value is -1.75. The molecule has 0 N–H and O–H groups in total. The first-order valence-electron chi connectivity index (χ1n) is 6.63. The van der Waals surface area contributed by atoms with E-state index < -0.39 is 0 Å². The smallest absolute Gasteiger partial charge is 0.243 e. The Morgan fingerprint density at radius 2 is 1.30 bits per heavy atom. The Morgan fingerprint density at radius 1 is 0.783 bits per heavy atom. The minimum absolute atomic E-state index is 0.257. The first kappa shape index (κ1) is 17.6. The van der Waals surface area contributed by atoms with E-state index in [2.05, 4.69) is 0 Å². The second-order valence-electron chi connectivity index (χ2n) is 4.73. The highest BCUT2D eigenvalue weighted by atomic mass is 35.5. The molecule has 120 valence electrons. The highest BCUT2D eigenvalue weighted by molar-refractivity contribution is 6.37. The van der Waals surface area contributed by atoms with Crippen molar-refractivity contribution in [3.8, 4) is 0 Å². The summed E-state index contributed by atoms with van der Waals surface area (Å²) >= 11 is 18.0. The quantitative estimate of drug-likeness (QED) is 0.699. The van der Waals surface area contributed by atoms with Crippen LogP contribution in [0.25, 0.3) is 0 Å². The molecule has 0 fully saturated rings. The fourth-order valence-electron chi connectivity index (χ4n) is 2.09. The van der Waals surface area contributed by atoms with Crippen molar-refractivity contribution >= 4 is 58.0 Å². The molecule has 0 heterocycles. The zero-order valence-electron chi connectivity index (χ0n) is 12.4. The number of carbonyl (C=O) groups excluding carboxylic acids is 2. The van der Waals surface area contributed by atoms with Crippen molar-refractivity contribution in [3.63, 3.8) is 0 Å². The van der Waals surface area contributed by atoms with Crippen LogP contribution in [0.4, 0.5) is 11.4 Å². The Bertz CT molecular complexity index is 747. The summed E-state index contributed by atoms with van der Waals surface area (Å²) in [4.78, 5) is 24.3. The molecule has 0 saturated heterocycles. The predicted molar refractivity (Wildman–Crippen MR) is 94.2 cm³/mol. The van der Waals surface area contributed by atoms with E-state index in [-0.39, 0.29) is 16.8 Å². The summed E-state index contributed by atoms with van der Waals surface area (Å²) in [5, 5.41) is 3.64. The number of halogens is 3. The summed E-state index contributed by atoms with van der Waals surface area (Å²) in [7, 11) is 0. The standard InChI is InChI=1S/C16H13Cl3N2O2/c1-10(22)20(14-6-3-12(17)4-7-14)21(11(2)23)16-8-5-13(18)9-15(16)19/h3-9H,1-2H3. The highest BCUT2D eigenvalue weighted by Crippen LogP contribution is 2.32. The number of hydrazine groups is 1. The summed E-state index contributed by atoms with van der Waals surface area (Å²) in [5.41, 5.74) is 0.844. The van der Waals surface area contributed by atoms with Crippen LogP contribution in [0, 0.1) is 0 Å². The lowest BCUT2D eigenvalue weighted by Crippen LogP contribution is -2.49. The van der Waals surface area contributed by atoms with E-state index in [1.807, 2.05) is 0 Å². The van der Waals surface area contributed by atoms with Gasteiger partial charge >= 0.3 is 0 Å². The molecular weight excluding hydrogens is 359 g/mol. The van der Waals surface area contributed by atoms with Crippen LogP contribution < -0.4 is 10.0 Å². The van der Waals surface area contributed by atoms with Gasteiger partial charge in [-0.3, -0.25) is 9.59 Å². The molecule has 0 aliphatic rings. The predicted octanol–water partition coefficient (Wildman–Crippen LogP) is 4.97. The van der Waals surface area contributed by atoms with Gasteiger partial charge in [0.25, 0.3) is 0 Å². The molecule has 2 aromatic rings. The second-order valence-corrected chi connectivity index (χ2v) is 6.01. The van der Waals surface area contributed by atoms with Gasteiger partial charge in [-0.15, -0.1) is 0 Å². The number of nitrogens with zero attached hydrogens (tertiary/aromatic N) is 2. The van der Waals surface area contributed by atoms with Crippen molar-refractivity contribution in [2.75, 3.05) is 10.0 Å². The van der Waals surface area contributed by atoms with E-state index in [0.29, 0.717) is 21.4 Å². The Balaban J connectivity index is 2.58. The van der Waals surface area contributed by atoms with Gasteiger partial charge in [-0.05, 0) is 42.5 Å². The number of anilines is 2. The topological polar surface area (TPSA) is 40.6 Å². The first-order chi connectivity index (χ1) is 10.8. The Kier molecular flexibility index (Phi) is 5.52.